The molecule has 3 heteroatoms. The van der Waals surface area contributed by atoms with Gasteiger partial charge in [0.15, 0.2) is 0 Å². The molecule has 0 unspecified atom stereocenters. The molecule has 3 nitrogen and oxygen atoms in total. The molecule has 0 spiro atoms. The molecule has 3 heterocycles. The first kappa shape index (κ1) is 13.9. The average Bonchev–Trinajstić information content (AvgIpc) is 2.77. The van der Waals surface area contributed by atoms with Crippen LogP contribution in [0.3, 0.4) is 0 Å². The molecule has 20 heavy (non-hydrogen) atoms. The molecule has 2 aliphatic heterocycles. The minimum absolute atomic E-state index is 0.578. The Labute approximate surface area is 123 Å². The van der Waals surface area contributed by atoms with E-state index in [1.165, 1.54) is 76.0 Å². The normalized spacial score (nSPS) is 25.4. The van der Waals surface area contributed by atoms with E-state index in [0.29, 0.717) is 6.04 Å². The highest BCUT2D eigenvalue weighted by Crippen LogP contribution is 2.29. The number of piperidine rings is 1. The summed E-state index contributed by atoms with van der Waals surface area (Å²) in [7, 11) is 2.24. The van der Waals surface area contributed by atoms with E-state index in [1.807, 2.05) is 0 Å². The standard InChI is InChI=1S/C17H27N3/c1-19-11-7-4-8-16(19)15-9-10-17(18-14-15)20-12-5-2-3-6-13-20/h9-10,14,16H,2-8,11-13H2,1H3/t16-/m0/s1. The lowest BCUT2D eigenvalue weighted by Crippen LogP contribution is -2.30. The monoisotopic (exact) mass is 273 g/mol. The first-order valence-electron chi connectivity index (χ1n) is 8.26. The van der Waals surface area contributed by atoms with Crippen LogP contribution >= 0.6 is 0 Å². The van der Waals surface area contributed by atoms with Gasteiger partial charge in [-0.1, -0.05) is 25.3 Å². The van der Waals surface area contributed by atoms with Crippen molar-refractivity contribution in [3.8, 4) is 0 Å². The highest BCUT2D eigenvalue weighted by Gasteiger charge is 2.21. The van der Waals surface area contributed by atoms with Gasteiger partial charge < -0.3 is 4.90 Å². The summed E-state index contributed by atoms with van der Waals surface area (Å²) in [5, 5.41) is 0. The summed E-state index contributed by atoms with van der Waals surface area (Å²) in [6.45, 7) is 3.57. The summed E-state index contributed by atoms with van der Waals surface area (Å²) in [5.74, 6) is 1.18. The van der Waals surface area contributed by atoms with Crippen LogP contribution in [0.25, 0.3) is 0 Å². The molecule has 0 saturated carbocycles. The van der Waals surface area contributed by atoms with Crippen LogP contribution < -0.4 is 4.90 Å². The van der Waals surface area contributed by atoms with Crippen LogP contribution in [0.15, 0.2) is 18.3 Å². The molecular formula is C17H27N3. The minimum atomic E-state index is 0.578. The van der Waals surface area contributed by atoms with Gasteiger partial charge in [-0.05, 0) is 50.9 Å². The van der Waals surface area contributed by atoms with Crippen molar-refractivity contribution in [2.45, 2.75) is 51.0 Å². The zero-order chi connectivity index (χ0) is 13.8. The van der Waals surface area contributed by atoms with E-state index in [2.05, 4.69) is 35.2 Å². The predicted octanol–water partition coefficient (Wildman–Crippen LogP) is 3.62. The van der Waals surface area contributed by atoms with Crippen molar-refractivity contribution < 1.29 is 0 Å². The Morgan fingerprint density at radius 3 is 2.35 bits per heavy atom. The van der Waals surface area contributed by atoms with Gasteiger partial charge in [0.2, 0.25) is 0 Å². The smallest absolute Gasteiger partial charge is 0.128 e. The van der Waals surface area contributed by atoms with E-state index < -0.39 is 0 Å². The van der Waals surface area contributed by atoms with E-state index in [4.69, 9.17) is 4.98 Å². The highest BCUT2D eigenvalue weighted by atomic mass is 15.2. The summed E-state index contributed by atoms with van der Waals surface area (Å²) >= 11 is 0. The van der Waals surface area contributed by atoms with Crippen LogP contribution in [0.2, 0.25) is 0 Å². The molecule has 0 bridgehead atoms. The molecule has 0 amide bonds. The third-order valence-electron chi connectivity index (χ3n) is 4.86. The van der Waals surface area contributed by atoms with Gasteiger partial charge in [-0.15, -0.1) is 0 Å². The van der Waals surface area contributed by atoms with Crippen LogP contribution in [-0.4, -0.2) is 36.6 Å². The lowest BCUT2D eigenvalue weighted by molar-refractivity contribution is 0.187. The number of pyridine rings is 1. The highest BCUT2D eigenvalue weighted by molar-refractivity contribution is 5.40. The fourth-order valence-electron chi connectivity index (χ4n) is 3.58. The second kappa shape index (κ2) is 6.57. The summed E-state index contributed by atoms with van der Waals surface area (Å²) in [5.41, 5.74) is 1.39. The van der Waals surface area contributed by atoms with Crippen molar-refractivity contribution in [1.82, 2.24) is 9.88 Å². The zero-order valence-electron chi connectivity index (χ0n) is 12.7. The van der Waals surface area contributed by atoms with Crippen molar-refractivity contribution in [2.75, 3.05) is 31.6 Å². The van der Waals surface area contributed by atoms with Gasteiger partial charge in [0.05, 0.1) is 0 Å². The number of hydrogen-bond donors (Lipinski definition) is 0. The van der Waals surface area contributed by atoms with Gasteiger partial charge in [-0.25, -0.2) is 4.98 Å². The molecule has 1 aromatic rings. The Kier molecular flexibility index (Phi) is 4.56. The summed E-state index contributed by atoms with van der Waals surface area (Å²) in [6, 6.07) is 5.12. The largest absolute Gasteiger partial charge is 0.357 e. The van der Waals surface area contributed by atoms with Crippen molar-refractivity contribution in [3.63, 3.8) is 0 Å². The second-order valence-electron chi connectivity index (χ2n) is 6.34. The van der Waals surface area contributed by atoms with Gasteiger partial charge in [0.25, 0.3) is 0 Å². The summed E-state index contributed by atoms with van der Waals surface area (Å²) in [6.07, 6.45) is 11.5. The molecule has 0 aromatic carbocycles. The van der Waals surface area contributed by atoms with Gasteiger partial charge in [0.1, 0.15) is 5.82 Å². The SMILES string of the molecule is CN1CCCC[C@H]1c1ccc(N2CCCCCC2)nc1. The Morgan fingerprint density at radius 2 is 1.70 bits per heavy atom. The fourth-order valence-corrected chi connectivity index (χ4v) is 3.58. The Hall–Kier alpha value is -1.09. The first-order valence-corrected chi connectivity index (χ1v) is 8.26. The lowest BCUT2D eigenvalue weighted by Gasteiger charge is -2.32. The lowest BCUT2D eigenvalue weighted by atomic mass is 9.97. The molecule has 0 N–H and O–H groups in total. The number of nitrogens with zero attached hydrogens (tertiary/aromatic N) is 3. The van der Waals surface area contributed by atoms with E-state index in [1.54, 1.807) is 0 Å². The molecule has 2 aliphatic rings. The number of likely N-dealkylation sites (tertiary alicyclic amines) is 1. The Morgan fingerprint density at radius 1 is 0.950 bits per heavy atom. The van der Waals surface area contributed by atoms with Crippen molar-refractivity contribution >= 4 is 5.82 Å². The van der Waals surface area contributed by atoms with Crippen molar-refractivity contribution in [2.24, 2.45) is 0 Å². The maximum atomic E-state index is 4.75. The molecule has 3 rings (SSSR count). The van der Waals surface area contributed by atoms with Gasteiger partial charge in [-0.3, -0.25) is 4.90 Å². The Balaban J connectivity index is 1.70. The molecule has 1 atom stereocenters. The number of aromatic nitrogens is 1. The zero-order valence-corrected chi connectivity index (χ0v) is 12.7. The van der Waals surface area contributed by atoms with Crippen molar-refractivity contribution in [3.05, 3.63) is 23.9 Å². The second-order valence-corrected chi connectivity index (χ2v) is 6.34. The Bertz CT molecular complexity index is 407. The van der Waals surface area contributed by atoms with Crippen LogP contribution in [0.1, 0.15) is 56.6 Å². The third-order valence-corrected chi connectivity index (χ3v) is 4.86. The predicted molar refractivity (Wildman–Crippen MR) is 84.1 cm³/mol. The summed E-state index contributed by atoms with van der Waals surface area (Å²) < 4.78 is 0. The maximum absolute atomic E-state index is 4.75. The first-order chi connectivity index (χ1) is 9.84. The maximum Gasteiger partial charge on any atom is 0.128 e. The molecule has 1 aromatic heterocycles. The van der Waals surface area contributed by atoms with Gasteiger partial charge in [0, 0.05) is 25.3 Å². The number of rotatable bonds is 2. The van der Waals surface area contributed by atoms with E-state index in [0.717, 1.165) is 0 Å². The van der Waals surface area contributed by atoms with Crippen LogP contribution in [-0.2, 0) is 0 Å². The van der Waals surface area contributed by atoms with Gasteiger partial charge in [-0.2, -0.15) is 0 Å². The minimum Gasteiger partial charge on any atom is -0.357 e. The fraction of sp³-hybridized carbons (Fsp3) is 0.706. The molecule has 110 valence electrons. The number of anilines is 1. The third kappa shape index (κ3) is 3.14. The van der Waals surface area contributed by atoms with Crippen LogP contribution in [0, 0.1) is 0 Å². The van der Waals surface area contributed by atoms with E-state index in [-0.39, 0.29) is 0 Å². The molecule has 0 radical (unpaired) electrons. The molecule has 0 aliphatic carbocycles. The van der Waals surface area contributed by atoms with Crippen LogP contribution in [0.5, 0.6) is 0 Å². The molecule has 2 fully saturated rings. The van der Waals surface area contributed by atoms with Gasteiger partial charge >= 0.3 is 0 Å². The molecular weight excluding hydrogens is 246 g/mol. The summed E-state index contributed by atoms with van der Waals surface area (Å²) in [4.78, 5) is 9.69. The van der Waals surface area contributed by atoms with E-state index in [9.17, 15) is 0 Å². The topological polar surface area (TPSA) is 19.4 Å². The molecule has 2 saturated heterocycles. The quantitative estimate of drug-likeness (QED) is 0.820. The average molecular weight is 273 g/mol. The number of hydrogen-bond acceptors (Lipinski definition) is 3. The van der Waals surface area contributed by atoms with E-state index >= 15 is 0 Å². The van der Waals surface area contributed by atoms with Crippen LogP contribution in [0.4, 0.5) is 5.82 Å². The van der Waals surface area contributed by atoms with Crippen molar-refractivity contribution in [1.29, 1.82) is 0 Å².